The summed E-state index contributed by atoms with van der Waals surface area (Å²) in [6, 6.07) is 8.01. The minimum absolute atomic E-state index is 0.217. The summed E-state index contributed by atoms with van der Waals surface area (Å²) in [5.41, 5.74) is 13.9. The molecule has 0 saturated carbocycles. The molecule has 188 valence electrons. The summed E-state index contributed by atoms with van der Waals surface area (Å²) in [7, 11) is 7.44. The van der Waals surface area contributed by atoms with Gasteiger partial charge in [-0.2, -0.15) is 0 Å². The summed E-state index contributed by atoms with van der Waals surface area (Å²) in [6.45, 7) is 0. The van der Waals surface area contributed by atoms with Crippen molar-refractivity contribution in [1.29, 1.82) is 0 Å². The molecule has 4 rings (SSSR count). The molecule has 0 amide bonds. The van der Waals surface area contributed by atoms with Crippen molar-refractivity contribution in [3.05, 3.63) is 51.2 Å². The Labute approximate surface area is 215 Å². The zero-order valence-corrected chi connectivity index (χ0v) is 21.8. The maximum absolute atomic E-state index is 13.4. The normalized spacial score (nSPS) is 10.8. The predicted molar refractivity (Wildman–Crippen MR) is 141 cm³/mol. The summed E-state index contributed by atoms with van der Waals surface area (Å²) >= 11 is 2.37. The lowest BCUT2D eigenvalue weighted by atomic mass is 10.1. The van der Waals surface area contributed by atoms with Gasteiger partial charge in [-0.05, 0) is 30.3 Å². The van der Waals surface area contributed by atoms with E-state index in [-0.39, 0.29) is 22.9 Å². The van der Waals surface area contributed by atoms with Gasteiger partial charge in [0, 0.05) is 11.1 Å². The standard InChI is InChI=1S/C25H24N2O7S2/c1-30-13-7-6-11(8-14(13)31-2)20(28)23-18(26)17-19(27)24(36-25(17)35-23)21(29)12-9-15(32-3)22(34-5)16(10-12)33-4/h6-10H,26-27H2,1-5H3. The maximum Gasteiger partial charge on any atom is 0.205 e. The molecule has 2 aromatic heterocycles. The number of hydrogen-bond donors (Lipinski definition) is 2. The zero-order valence-electron chi connectivity index (χ0n) is 20.2. The van der Waals surface area contributed by atoms with Gasteiger partial charge in [-0.3, -0.25) is 9.59 Å². The number of anilines is 2. The lowest BCUT2D eigenvalue weighted by molar-refractivity contribution is 0.103. The van der Waals surface area contributed by atoms with Crippen molar-refractivity contribution >= 4 is 55.0 Å². The van der Waals surface area contributed by atoms with Gasteiger partial charge in [0.15, 0.2) is 23.0 Å². The summed E-state index contributed by atoms with van der Waals surface area (Å²) in [5, 5.41) is 0.490. The highest BCUT2D eigenvalue weighted by atomic mass is 32.2. The SMILES string of the molecule is COc1ccc(C(=O)c2sc3sc(C(=O)c4cc(OC)c(OC)c(OC)c4)c(N)c3c2N)cc1OC. The number of hydrogen-bond acceptors (Lipinski definition) is 11. The highest BCUT2D eigenvalue weighted by molar-refractivity contribution is 7.40. The Morgan fingerprint density at radius 1 is 0.639 bits per heavy atom. The molecule has 0 fully saturated rings. The number of nitrogens with two attached hydrogens (primary N) is 2. The summed E-state index contributed by atoms with van der Waals surface area (Å²) in [5.74, 6) is 1.40. The first kappa shape index (κ1) is 25.1. The van der Waals surface area contributed by atoms with E-state index in [1.807, 2.05) is 0 Å². The van der Waals surface area contributed by atoms with Crippen LogP contribution in [0.5, 0.6) is 28.7 Å². The second-order valence-corrected chi connectivity index (χ2v) is 9.79. The minimum Gasteiger partial charge on any atom is -0.493 e. The van der Waals surface area contributed by atoms with E-state index in [0.717, 1.165) is 0 Å². The van der Waals surface area contributed by atoms with Crippen molar-refractivity contribution in [3.8, 4) is 28.7 Å². The second kappa shape index (κ2) is 9.96. The van der Waals surface area contributed by atoms with Crippen LogP contribution in [0.3, 0.4) is 0 Å². The quantitative estimate of drug-likeness (QED) is 0.298. The van der Waals surface area contributed by atoms with Crippen molar-refractivity contribution in [3.63, 3.8) is 0 Å². The molecule has 2 aromatic carbocycles. The molecule has 0 saturated heterocycles. The van der Waals surface area contributed by atoms with Gasteiger partial charge in [0.05, 0.1) is 56.3 Å². The fourth-order valence-electron chi connectivity index (χ4n) is 3.80. The molecule has 4 N–H and O–H groups in total. The average Bonchev–Trinajstić information content (AvgIpc) is 3.41. The molecule has 0 aliphatic rings. The predicted octanol–water partition coefficient (Wildman–Crippen LogP) is 4.63. The number of carbonyl (C=O) groups excluding carboxylic acids is 2. The summed E-state index contributed by atoms with van der Waals surface area (Å²) in [6.07, 6.45) is 0. The Morgan fingerprint density at radius 2 is 1.11 bits per heavy atom. The largest absolute Gasteiger partial charge is 0.493 e. The van der Waals surface area contributed by atoms with E-state index in [2.05, 4.69) is 0 Å². The zero-order chi connectivity index (χ0) is 26.1. The molecule has 2 heterocycles. The average molecular weight is 529 g/mol. The summed E-state index contributed by atoms with van der Waals surface area (Å²) in [4.78, 5) is 27.3. The molecule has 0 atom stereocenters. The smallest absolute Gasteiger partial charge is 0.205 e. The first-order valence-corrected chi connectivity index (χ1v) is 12.1. The number of ether oxygens (including phenoxy) is 5. The molecule has 0 aliphatic heterocycles. The van der Waals surface area contributed by atoms with E-state index >= 15 is 0 Å². The van der Waals surface area contributed by atoms with Crippen LogP contribution in [0.15, 0.2) is 30.3 Å². The minimum atomic E-state index is -0.327. The Morgan fingerprint density at radius 3 is 1.56 bits per heavy atom. The monoisotopic (exact) mass is 528 g/mol. The first-order valence-electron chi connectivity index (χ1n) is 10.5. The Hall–Kier alpha value is -3.96. The van der Waals surface area contributed by atoms with Crippen LogP contribution in [0.1, 0.15) is 30.5 Å². The Balaban J connectivity index is 1.75. The van der Waals surface area contributed by atoms with Crippen LogP contribution in [-0.2, 0) is 0 Å². The maximum atomic E-state index is 13.4. The molecule has 0 unspecified atom stereocenters. The molecule has 0 radical (unpaired) electrons. The van der Waals surface area contributed by atoms with Gasteiger partial charge in [-0.1, -0.05) is 0 Å². The van der Waals surface area contributed by atoms with Crippen molar-refractivity contribution in [2.24, 2.45) is 0 Å². The molecule has 9 nitrogen and oxygen atoms in total. The lowest BCUT2D eigenvalue weighted by Gasteiger charge is -2.13. The van der Waals surface area contributed by atoms with Crippen molar-refractivity contribution in [2.45, 2.75) is 0 Å². The third kappa shape index (κ3) is 4.06. The van der Waals surface area contributed by atoms with E-state index in [4.69, 9.17) is 35.2 Å². The highest BCUT2D eigenvalue weighted by Crippen LogP contribution is 2.47. The van der Waals surface area contributed by atoms with Crippen LogP contribution in [0.25, 0.3) is 9.40 Å². The van der Waals surface area contributed by atoms with E-state index in [1.165, 1.54) is 58.2 Å². The van der Waals surface area contributed by atoms with Crippen LogP contribution in [0.2, 0.25) is 0 Å². The van der Waals surface area contributed by atoms with Crippen LogP contribution >= 0.6 is 22.7 Å². The van der Waals surface area contributed by atoms with E-state index in [9.17, 15) is 9.59 Å². The van der Waals surface area contributed by atoms with Crippen LogP contribution in [0.4, 0.5) is 11.4 Å². The number of ketones is 2. The van der Waals surface area contributed by atoms with Crippen molar-refractivity contribution in [2.75, 3.05) is 47.0 Å². The van der Waals surface area contributed by atoms with Gasteiger partial charge < -0.3 is 35.2 Å². The van der Waals surface area contributed by atoms with Crippen LogP contribution in [-0.4, -0.2) is 47.1 Å². The molecule has 0 bridgehead atoms. The molecule has 0 aliphatic carbocycles. The first-order chi connectivity index (χ1) is 17.3. The van der Waals surface area contributed by atoms with E-state index in [0.29, 0.717) is 59.0 Å². The third-order valence-electron chi connectivity index (χ3n) is 5.61. The number of thiophene rings is 2. The third-order valence-corrected chi connectivity index (χ3v) is 8.10. The van der Waals surface area contributed by atoms with Gasteiger partial charge in [0.25, 0.3) is 0 Å². The van der Waals surface area contributed by atoms with Gasteiger partial charge in [-0.15, -0.1) is 22.7 Å². The van der Waals surface area contributed by atoms with Gasteiger partial charge in [0.2, 0.25) is 17.3 Å². The molecular formula is C25H24N2O7S2. The van der Waals surface area contributed by atoms with E-state index < -0.39 is 0 Å². The van der Waals surface area contributed by atoms with Crippen molar-refractivity contribution in [1.82, 2.24) is 0 Å². The number of rotatable bonds is 9. The van der Waals surface area contributed by atoms with Gasteiger partial charge >= 0.3 is 0 Å². The number of benzene rings is 2. The molecular weight excluding hydrogens is 504 g/mol. The Kier molecular flexibility index (Phi) is 6.95. The van der Waals surface area contributed by atoms with Gasteiger partial charge in [0.1, 0.15) is 9.75 Å². The fourth-order valence-corrected chi connectivity index (χ4v) is 6.33. The second-order valence-electron chi connectivity index (χ2n) is 7.49. The molecule has 0 spiro atoms. The topological polar surface area (TPSA) is 132 Å². The number of methoxy groups -OCH3 is 5. The molecule has 36 heavy (non-hydrogen) atoms. The number of carbonyl (C=O) groups is 2. The van der Waals surface area contributed by atoms with E-state index in [1.54, 1.807) is 30.3 Å². The van der Waals surface area contributed by atoms with Crippen molar-refractivity contribution < 1.29 is 33.3 Å². The van der Waals surface area contributed by atoms with Crippen LogP contribution in [0, 0.1) is 0 Å². The number of fused-ring (bicyclic) bond motifs is 1. The van der Waals surface area contributed by atoms with Crippen LogP contribution < -0.4 is 35.2 Å². The van der Waals surface area contributed by atoms with Gasteiger partial charge in [-0.25, -0.2) is 0 Å². The summed E-state index contributed by atoms with van der Waals surface area (Å²) < 4.78 is 27.3. The highest BCUT2D eigenvalue weighted by Gasteiger charge is 2.27. The molecule has 11 heteroatoms. The fraction of sp³-hybridized carbons (Fsp3) is 0.200. The Bertz CT molecular complexity index is 1460. The lowest BCUT2D eigenvalue weighted by Crippen LogP contribution is -2.06. The number of nitrogen functional groups attached to an aromatic ring is 2. The molecule has 4 aromatic rings.